The number of aryl methyl sites for hydroxylation is 1. The Hall–Kier alpha value is -3.63. The van der Waals surface area contributed by atoms with Crippen LogP contribution in [0.1, 0.15) is 86.1 Å². The van der Waals surface area contributed by atoms with Gasteiger partial charge in [-0.2, -0.15) is 8.78 Å². The number of fused-ring (bicyclic) bond motifs is 9. The summed E-state index contributed by atoms with van der Waals surface area (Å²) in [4.78, 5) is 22.8. The van der Waals surface area contributed by atoms with Crippen molar-refractivity contribution in [3.63, 3.8) is 0 Å². The molecule has 0 radical (unpaired) electrons. The number of benzene rings is 2. The number of amides is 1. The third kappa shape index (κ3) is 4.94. The fourth-order valence-electron chi connectivity index (χ4n) is 6.21. The van der Waals surface area contributed by atoms with Crippen molar-refractivity contribution in [1.29, 1.82) is 0 Å². The molecule has 0 aliphatic carbocycles. The van der Waals surface area contributed by atoms with Gasteiger partial charge in [0.1, 0.15) is 11.6 Å². The maximum atomic E-state index is 13.4. The lowest BCUT2D eigenvalue weighted by Crippen LogP contribution is -2.46. The van der Waals surface area contributed by atoms with Crippen LogP contribution in [0.25, 0.3) is 22.2 Å². The van der Waals surface area contributed by atoms with Crippen molar-refractivity contribution in [2.24, 2.45) is 0 Å². The first-order valence-electron chi connectivity index (χ1n) is 14.7. The van der Waals surface area contributed by atoms with Crippen LogP contribution < -0.4 is 10.1 Å². The monoisotopic (exact) mass is 604 g/mol. The second kappa shape index (κ2) is 9.95. The maximum Gasteiger partial charge on any atom is 0.387 e. The van der Waals surface area contributed by atoms with E-state index in [1.165, 1.54) is 6.07 Å². The van der Waals surface area contributed by atoms with Crippen LogP contribution in [-0.4, -0.2) is 35.4 Å². The lowest BCUT2D eigenvalue weighted by atomic mass is 9.96. The van der Waals surface area contributed by atoms with Crippen LogP contribution in [0.15, 0.2) is 48.7 Å². The first-order chi connectivity index (χ1) is 20.1. The number of carbonyl (C=O) groups is 1. The molecule has 2 aliphatic heterocycles. The Kier molecular flexibility index (Phi) is 6.81. The van der Waals surface area contributed by atoms with Crippen molar-refractivity contribution in [2.75, 3.05) is 0 Å². The van der Waals surface area contributed by atoms with Crippen LogP contribution in [0.3, 0.4) is 0 Å². The molecule has 2 aliphatic rings. The number of hydrogen-bond donors (Lipinski definition) is 1. The molecule has 7 nitrogen and oxygen atoms in total. The number of nitrogens with zero attached hydrogens (tertiary/aromatic N) is 3. The molecule has 2 bridgehead atoms. The molecule has 0 saturated carbocycles. The standard InChI is InChI=1S/C33H38F2N4O3Si/c1-18-14-27(33(5,6)42-43(7,8)32(2,3)4)36-17-21(18)19-12-13-22-24(15-19)39-25-16-23(29(39)37-22)38-30(40)20-10-9-11-26(28(20)25)41-31(34)35/h9-15,17,23,25,31H,16H2,1-8H3,(H,38,40)/t23?,25-/m0/s1. The predicted molar refractivity (Wildman–Crippen MR) is 165 cm³/mol. The lowest BCUT2D eigenvalue weighted by molar-refractivity contribution is -0.0507. The van der Waals surface area contributed by atoms with Crippen LogP contribution in [-0.2, 0) is 10.0 Å². The molecular weight excluding hydrogens is 566 g/mol. The van der Waals surface area contributed by atoms with Gasteiger partial charge in [-0.05, 0) is 86.8 Å². The molecule has 1 N–H and O–H groups in total. The number of imidazole rings is 1. The minimum Gasteiger partial charge on any atom is -0.434 e. The van der Waals surface area contributed by atoms with Gasteiger partial charge in [0, 0.05) is 22.9 Å². The molecule has 10 heteroatoms. The van der Waals surface area contributed by atoms with E-state index in [0.29, 0.717) is 23.4 Å². The summed E-state index contributed by atoms with van der Waals surface area (Å²) in [6, 6.07) is 12.1. The van der Waals surface area contributed by atoms with Crippen molar-refractivity contribution in [3.8, 4) is 16.9 Å². The van der Waals surface area contributed by atoms with E-state index >= 15 is 0 Å². The van der Waals surface area contributed by atoms with E-state index in [-0.39, 0.29) is 28.8 Å². The number of halogens is 2. The smallest absolute Gasteiger partial charge is 0.387 e. The second-order valence-corrected chi connectivity index (χ2v) is 18.4. The van der Waals surface area contributed by atoms with E-state index < -0.39 is 20.5 Å². The Balaban J connectivity index is 1.41. The molecule has 6 rings (SSSR count). The van der Waals surface area contributed by atoms with Gasteiger partial charge in [-0.1, -0.05) is 32.9 Å². The van der Waals surface area contributed by atoms with Gasteiger partial charge < -0.3 is 19.0 Å². The number of pyridine rings is 1. The van der Waals surface area contributed by atoms with Crippen molar-refractivity contribution in [3.05, 3.63) is 76.9 Å². The number of alkyl halides is 2. The molecule has 2 aromatic carbocycles. The minimum absolute atomic E-state index is 0.0114. The number of aromatic nitrogens is 3. The summed E-state index contributed by atoms with van der Waals surface area (Å²) >= 11 is 0. The predicted octanol–water partition coefficient (Wildman–Crippen LogP) is 8.04. The maximum absolute atomic E-state index is 13.4. The zero-order chi connectivity index (χ0) is 31.1. The molecule has 2 atom stereocenters. The Morgan fingerprint density at radius 3 is 2.49 bits per heavy atom. The molecule has 4 heterocycles. The number of carbonyl (C=O) groups excluding carboxylic acids is 1. The summed E-state index contributed by atoms with van der Waals surface area (Å²) in [7, 11) is -2.03. The highest BCUT2D eigenvalue weighted by atomic mass is 28.4. The van der Waals surface area contributed by atoms with Crippen LogP contribution in [0.4, 0.5) is 8.78 Å². The summed E-state index contributed by atoms with van der Waals surface area (Å²) in [5.41, 5.74) is 5.78. The molecule has 1 unspecified atom stereocenters. The Bertz CT molecular complexity index is 1760. The van der Waals surface area contributed by atoms with Gasteiger partial charge in [0.05, 0.1) is 34.4 Å². The largest absolute Gasteiger partial charge is 0.434 e. The van der Waals surface area contributed by atoms with Gasteiger partial charge >= 0.3 is 6.61 Å². The van der Waals surface area contributed by atoms with Crippen molar-refractivity contribution >= 4 is 25.3 Å². The van der Waals surface area contributed by atoms with Crippen LogP contribution in [0, 0.1) is 6.92 Å². The third-order valence-electron chi connectivity index (χ3n) is 9.32. The van der Waals surface area contributed by atoms with Gasteiger partial charge in [0.15, 0.2) is 8.32 Å². The summed E-state index contributed by atoms with van der Waals surface area (Å²) in [6.45, 7) is 14.4. The topological polar surface area (TPSA) is 78.3 Å². The van der Waals surface area contributed by atoms with Crippen molar-refractivity contribution < 1.29 is 22.7 Å². The highest BCUT2D eigenvalue weighted by Crippen LogP contribution is 2.48. The Morgan fingerprint density at radius 2 is 1.81 bits per heavy atom. The highest BCUT2D eigenvalue weighted by molar-refractivity contribution is 6.74. The quantitative estimate of drug-likeness (QED) is 0.225. The van der Waals surface area contributed by atoms with E-state index in [2.05, 4.69) is 76.7 Å². The van der Waals surface area contributed by atoms with E-state index in [4.69, 9.17) is 19.1 Å². The third-order valence-corrected chi connectivity index (χ3v) is 14.0. The van der Waals surface area contributed by atoms with E-state index in [1.807, 2.05) is 18.3 Å². The molecule has 0 fully saturated rings. The second-order valence-electron chi connectivity index (χ2n) is 13.7. The van der Waals surface area contributed by atoms with Gasteiger partial charge in [-0.25, -0.2) is 4.98 Å². The summed E-state index contributed by atoms with van der Waals surface area (Å²) < 4.78 is 40.5. The first kappa shape index (κ1) is 29.4. The molecule has 0 spiro atoms. The van der Waals surface area contributed by atoms with Gasteiger partial charge in [0.2, 0.25) is 0 Å². The lowest BCUT2D eigenvalue weighted by Gasteiger charge is -2.42. The van der Waals surface area contributed by atoms with Crippen molar-refractivity contribution in [1.82, 2.24) is 19.9 Å². The van der Waals surface area contributed by atoms with Gasteiger partial charge in [-0.15, -0.1) is 0 Å². The minimum atomic E-state index is -3.00. The van der Waals surface area contributed by atoms with Gasteiger partial charge in [0.25, 0.3) is 5.91 Å². The molecular formula is C33H38F2N4O3Si. The molecule has 2 aromatic heterocycles. The first-order valence-corrected chi connectivity index (χ1v) is 17.6. The zero-order valence-electron chi connectivity index (χ0n) is 25.9. The molecule has 43 heavy (non-hydrogen) atoms. The SMILES string of the molecule is Cc1cc(C(C)(C)O[Si](C)(C)C(C)(C)C)ncc1-c1ccc2nc3n(c2c1)[C@H]1CC3NC(=O)c2cccc(OC(F)F)c21. The number of nitrogens with one attached hydrogen (secondary N) is 1. The molecule has 226 valence electrons. The molecule has 1 amide bonds. The number of hydrogen-bond acceptors (Lipinski definition) is 5. The zero-order valence-corrected chi connectivity index (χ0v) is 26.9. The number of ether oxygens (including phenoxy) is 1. The Morgan fingerprint density at radius 1 is 1.07 bits per heavy atom. The van der Waals surface area contributed by atoms with Crippen LogP contribution >= 0.6 is 0 Å². The summed E-state index contributed by atoms with van der Waals surface area (Å²) in [6.07, 6.45) is 2.40. The molecule has 0 saturated heterocycles. The fraction of sp³-hybridized carbons (Fsp3) is 0.424. The average Bonchev–Trinajstić information content (AvgIpc) is 3.39. The normalized spacial score (nSPS) is 18.4. The summed E-state index contributed by atoms with van der Waals surface area (Å²) in [5, 5.41) is 3.12. The average molecular weight is 605 g/mol. The van der Waals surface area contributed by atoms with Crippen LogP contribution in [0.5, 0.6) is 5.75 Å². The van der Waals surface area contributed by atoms with Crippen molar-refractivity contribution in [2.45, 2.75) is 90.4 Å². The Labute approximate surface area is 251 Å². The summed E-state index contributed by atoms with van der Waals surface area (Å²) in [5.74, 6) is 0.401. The van der Waals surface area contributed by atoms with Gasteiger partial charge in [-0.3, -0.25) is 9.78 Å². The van der Waals surface area contributed by atoms with E-state index in [0.717, 1.165) is 33.4 Å². The highest BCUT2D eigenvalue weighted by Gasteiger charge is 2.43. The number of rotatable bonds is 6. The van der Waals surface area contributed by atoms with E-state index in [1.54, 1.807) is 12.1 Å². The fourth-order valence-corrected chi connectivity index (χ4v) is 7.89. The van der Waals surface area contributed by atoms with Crippen LogP contribution in [0.2, 0.25) is 18.1 Å². The van der Waals surface area contributed by atoms with E-state index in [9.17, 15) is 13.6 Å². The molecule has 4 aromatic rings.